The second-order valence-corrected chi connectivity index (χ2v) is 9.32. The number of fused-ring (bicyclic) bond motifs is 1. The molecule has 5 rings (SSSR count). The number of amides is 3. The normalized spacial score (nSPS) is 20.1. The summed E-state index contributed by atoms with van der Waals surface area (Å²) in [6.07, 6.45) is 4.36. The van der Waals surface area contributed by atoms with Crippen LogP contribution < -0.4 is 15.4 Å². The lowest BCUT2D eigenvalue weighted by atomic mass is 9.84. The van der Waals surface area contributed by atoms with Gasteiger partial charge in [0.25, 0.3) is 5.91 Å². The highest BCUT2D eigenvalue weighted by Crippen LogP contribution is 2.34. The minimum atomic E-state index is -0.557. The van der Waals surface area contributed by atoms with Gasteiger partial charge in [-0.3, -0.25) is 14.4 Å². The van der Waals surface area contributed by atoms with Crippen LogP contribution in [0.2, 0.25) is 0 Å². The summed E-state index contributed by atoms with van der Waals surface area (Å²) in [5.41, 5.74) is 1.81. The summed E-state index contributed by atoms with van der Waals surface area (Å²) in [6.45, 7) is 3.15. The van der Waals surface area contributed by atoms with E-state index in [1.165, 1.54) is 7.11 Å². The summed E-state index contributed by atoms with van der Waals surface area (Å²) in [5.74, 6) is -0.430. The second kappa shape index (κ2) is 10.6. The number of nitrogens with zero attached hydrogens (tertiary/aromatic N) is 3. The van der Waals surface area contributed by atoms with E-state index in [0.29, 0.717) is 48.8 Å². The highest BCUT2D eigenvalue weighted by molar-refractivity contribution is 6.13. The van der Waals surface area contributed by atoms with E-state index in [2.05, 4.69) is 20.6 Å². The van der Waals surface area contributed by atoms with Gasteiger partial charge in [0.15, 0.2) is 5.58 Å². The van der Waals surface area contributed by atoms with E-state index in [0.717, 1.165) is 18.4 Å². The Kier molecular flexibility index (Phi) is 7.04. The molecule has 11 heteroatoms. The number of aromatic nitrogens is 2. The number of hydrogen-bond donors (Lipinski definition) is 2. The van der Waals surface area contributed by atoms with Crippen LogP contribution >= 0.6 is 0 Å². The summed E-state index contributed by atoms with van der Waals surface area (Å²) in [4.78, 5) is 49.2. The fourth-order valence-corrected chi connectivity index (χ4v) is 4.85. The van der Waals surface area contributed by atoms with Crippen molar-refractivity contribution in [1.29, 1.82) is 0 Å². The van der Waals surface area contributed by atoms with Gasteiger partial charge in [-0.15, -0.1) is 0 Å². The number of furan rings is 1. The predicted molar refractivity (Wildman–Crippen MR) is 134 cm³/mol. The summed E-state index contributed by atoms with van der Waals surface area (Å²) in [7, 11) is 1.49. The average Bonchev–Trinajstić information content (AvgIpc) is 3.28. The molecule has 1 saturated heterocycles. The molecule has 0 aromatic carbocycles. The minimum Gasteiger partial charge on any atom is -0.481 e. The quantitative estimate of drug-likeness (QED) is 0.519. The number of methoxy groups -OCH3 is 1. The maximum absolute atomic E-state index is 13.3. The Morgan fingerprint density at radius 2 is 1.92 bits per heavy atom. The Hall–Kier alpha value is -3.99. The number of rotatable bonds is 6. The number of hydrogen-bond acceptors (Lipinski definition) is 8. The molecule has 0 atom stereocenters. The molecule has 1 aliphatic carbocycles. The van der Waals surface area contributed by atoms with Crippen molar-refractivity contribution in [3.05, 3.63) is 41.8 Å². The monoisotopic (exact) mass is 507 g/mol. The predicted octanol–water partition coefficient (Wildman–Crippen LogP) is 3.15. The number of anilines is 2. The Morgan fingerprint density at radius 3 is 2.62 bits per heavy atom. The SMILES string of the molecule is COc1ccc2oc(C(=O)Nc3ccc(C)cn3)c(NC(=O)[C@H]3CC[C@H](N4CCOCC4=O)CC3)c2n1. The van der Waals surface area contributed by atoms with Crippen LogP contribution in [0.1, 0.15) is 41.8 Å². The first kappa shape index (κ1) is 24.7. The van der Waals surface area contributed by atoms with Crippen molar-refractivity contribution in [3.63, 3.8) is 0 Å². The maximum atomic E-state index is 13.3. The van der Waals surface area contributed by atoms with Crippen molar-refractivity contribution >= 4 is 40.3 Å². The molecule has 3 aromatic rings. The molecule has 3 amide bonds. The third-order valence-corrected chi connectivity index (χ3v) is 6.86. The highest BCUT2D eigenvalue weighted by Gasteiger charge is 2.34. The molecular formula is C26H29N5O6. The fourth-order valence-electron chi connectivity index (χ4n) is 4.85. The maximum Gasteiger partial charge on any atom is 0.294 e. The molecule has 3 aromatic heterocycles. The number of morpholine rings is 1. The van der Waals surface area contributed by atoms with Crippen LogP contribution in [0.5, 0.6) is 5.88 Å². The molecule has 2 N–H and O–H groups in total. The molecule has 0 bridgehead atoms. The van der Waals surface area contributed by atoms with Gasteiger partial charge in [-0.05, 0) is 50.3 Å². The lowest BCUT2D eigenvalue weighted by molar-refractivity contribution is -0.146. The third kappa shape index (κ3) is 5.26. The fraction of sp³-hybridized carbons (Fsp3) is 0.423. The van der Waals surface area contributed by atoms with Crippen LogP contribution in [0, 0.1) is 12.8 Å². The molecule has 1 saturated carbocycles. The van der Waals surface area contributed by atoms with Crippen LogP contribution in [-0.4, -0.2) is 65.5 Å². The number of carbonyl (C=O) groups excluding carboxylic acids is 3. The zero-order valence-corrected chi connectivity index (χ0v) is 20.8. The molecule has 4 heterocycles. The lowest BCUT2D eigenvalue weighted by Crippen LogP contribution is -2.49. The van der Waals surface area contributed by atoms with Crippen LogP contribution in [0.4, 0.5) is 11.5 Å². The second-order valence-electron chi connectivity index (χ2n) is 9.32. The van der Waals surface area contributed by atoms with Crippen molar-refractivity contribution < 1.29 is 28.3 Å². The van der Waals surface area contributed by atoms with Crippen LogP contribution in [-0.2, 0) is 14.3 Å². The van der Waals surface area contributed by atoms with Crippen LogP contribution in [0.25, 0.3) is 11.1 Å². The van der Waals surface area contributed by atoms with Crippen LogP contribution in [0.3, 0.4) is 0 Å². The molecule has 0 spiro atoms. The van der Waals surface area contributed by atoms with Crippen molar-refractivity contribution in [1.82, 2.24) is 14.9 Å². The van der Waals surface area contributed by atoms with Crippen molar-refractivity contribution in [3.8, 4) is 5.88 Å². The number of nitrogens with one attached hydrogen (secondary N) is 2. The van der Waals surface area contributed by atoms with Crippen molar-refractivity contribution in [2.24, 2.45) is 5.92 Å². The van der Waals surface area contributed by atoms with E-state index in [1.54, 1.807) is 24.4 Å². The molecule has 0 unspecified atom stereocenters. The van der Waals surface area contributed by atoms with E-state index in [9.17, 15) is 14.4 Å². The Morgan fingerprint density at radius 1 is 1.11 bits per heavy atom. The topological polar surface area (TPSA) is 136 Å². The van der Waals surface area contributed by atoms with Gasteiger partial charge in [0.05, 0.1) is 13.7 Å². The van der Waals surface area contributed by atoms with Gasteiger partial charge in [-0.1, -0.05) is 6.07 Å². The van der Waals surface area contributed by atoms with Gasteiger partial charge in [-0.2, -0.15) is 0 Å². The number of aryl methyl sites for hydroxylation is 1. The molecule has 1 aliphatic heterocycles. The molecule has 11 nitrogen and oxygen atoms in total. The van der Waals surface area contributed by atoms with Gasteiger partial charge in [0.1, 0.15) is 23.6 Å². The smallest absolute Gasteiger partial charge is 0.294 e. The standard InChI is InChI=1S/C26H29N5O6/c1-15-3-9-19(27-13-15)28-26(34)24-23(22-18(37-24)8-10-20(29-22)35-2)30-25(33)16-4-6-17(7-5-16)31-11-12-36-14-21(31)32/h3,8-10,13,16-17H,4-7,11-12,14H2,1-2H3,(H,30,33)(H,27,28,34)/t16-,17-. The van der Waals surface area contributed by atoms with E-state index < -0.39 is 5.91 Å². The zero-order valence-electron chi connectivity index (χ0n) is 20.8. The van der Waals surface area contributed by atoms with Crippen molar-refractivity contribution in [2.45, 2.75) is 38.6 Å². The number of carbonyl (C=O) groups is 3. The Bertz CT molecular complexity index is 1310. The summed E-state index contributed by atoms with van der Waals surface area (Å²) in [6, 6.07) is 6.89. The van der Waals surface area contributed by atoms with Gasteiger partial charge in [0, 0.05) is 30.8 Å². The minimum absolute atomic E-state index is 0.00256. The Labute approximate surface area is 213 Å². The first-order valence-corrected chi connectivity index (χ1v) is 12.3. The van der Waals surface area contributed by atoms with Gasteiger partial charge >= 0.3 is 0 Å². The van der Waals surface area contributed by atoms with E-state index in [1.807, 2.05) is 17.9 Å². The summed E-state index contributed by atoms with van der Waals surface area (Å²) in [5, 5.41) is 5.61. The average molecular weight is 508 g/mol. The third-order valence-electron chi connectivity index (χ3n) is 6.86. The Balaban J connectivity index is 1.34. The van der Waals surface area contributed by atoms with Gasteiger partial charge in [0.2, 0.25) is 23.5 Å². The molecule has 37 heavy (non-hydrogen) atoms. The number of pyridine rings is 2. The largest absolute Gasteiger partial charge is 0.481 e. The lowest BCUT2D eigenvalue weighted by Gasteiger charge is -2.38. The molecule has 2 aliphatic rings. The molecule has 2 fully saturated rings. The van der Waals surface area contributed by atoms with E-state index >= 15 is 0 Å². The van der Waals surface area contributed by atoms with E-state index in [4.69, 9.17) is 13.9 Å². The summed E-state index contributed by atoms with van der Waals surface area (Å²) < 4.78 is 16.3. The first-order valence-electron chi connectivity index (χ1n) is 12.3. The molecule has 194 valence electrons. The van der Waals surface area contributed by atoms with Crippen molar-refractivity contribution in [2.75, 3.05) is 37.5 Å². The molecular weight excluding hydrogens is 478 g/mol. The van der Waals surface area contributed by atoms with E-state index in [-0.39, 0.29) is 41.8 Å². The van der Waals surface area contributed by atoms with Gasteiger partial charge < -0.3 is 29.4 Å². The molecule has 0 radical (unpaired) electrons. The first-order chi connectivity index (χ1) is 17.9. The summed E-state index contributed by atoms with van der Waals surface area (Å²) >= 11 is 0. The zero-order chi connectivity index (χ0) is 25.9. The van der Waals surface area contributed by atoms with Gasteiger partial charge in [-0.25, -0.2) is 9.97 Å². The number of ether oxygens (including phenoxy) is 2. The van der Waals surface area contributed by atoms with Crippen LogP contribution in [0.15, 0.2) is 34.9 Å². The highest BCUT2D eigenvalue weighted by atomic mass is 16.5.